The number of benzene rings is 2. The van der Waals surface area contributed by atoms with Gasteiger partial charge in [0.05, 0.1) is 43.3 Å². The molecular weight excluding hydrogens is 625 g/mol. The number of imidazole rings is 2. The number of carboxylic acid groups (broad SMARTS) is 1. The number of halogens is 2. The number of carboxylic acids is 1. The van der Waals surface area contributed by atoms with Gasteiger partial charge in [0.15, 0.2) is 0 Å². The Kier molecular flexibility index (Phi) is 9.60. The van der Waals surface area contributed by atoms with Crippen LogP contribution in [0.15, 0.2) is 61.1 Å². The van der Waals surface area contributed by atoms with Gasteiger partial charge in [-0.2, -0.15) is 4.98 Å². The number of nitrogens with zero attached hydrogens (tertiary/aromatic N) is 7. The number of hydrogen-bond donors (Lipinski definition) is 1. The first-order valence-electron chi connectivity index (χ1n) is 15.6. The molecule has 1 aliphatic rings. The Bertz CT molecular complexity index is 1890. The van der Waals surface area contributed by atoms with Gasteiger partial charge < -0.3 is 28.6 Å². The molecule has 6 rings (SSSR count). The molecule has 13 heteroatoms. The maximum absolute atomic E-state index is 14.3. The number of ether oxygens (including phenoxy) is 2. The van der Waals surface area contributed by atoms with Crippen LogP contribution in [0.5, 0.6) is 11.6 Å². The number of aromatic carboxylic acids is 1. The third-order valence-electron chi connectivity index (χ3n) is 8.67. The third-order valence-corrected chi connectivity index (χ3v) is 8.90. The molecular formula is C34H37ClFN7O4. The van der Waals surface area contributed by atoms with E-state index >= 15 is 0 Å². The summed E-state index contributed by atoms with van der Waals surface area (Å²) in [5.41, 5.74) is 2.87. The van der Waals surface area contributed by atoms with Crippen molar-refractivity contribution in [1.82, 2.24) is 29.0 Å². The molecule has 1 fully saturated rings. The van der Waals surface area contributed by atoms with Crippen molar-refractivity contribution in [3.8, 4) is 11.6 Å². The monoisotopic (exact) mass is 661 g/mol. The molecule has 2 aromatic carbocycles. The number of fused-ring (bicyclic) bond motifs is 1. The number of methoxy groups -OCH3 is 1. The second kappa shape index (κ2) is 14.0. The summed E-state index contributed by atoms with van der Waals surface area (Å²) < 4.78 is 29.9. The van der Waals surface area contributed by atoms with Crippen molar-refractivity contribution < 1.29 is 23.8 Å². The number of piperazine rings is 1. The average molecular weight is 662 g/mol. The molecule has 1 aliphatic heterocycles. The molecule has 1 N–H and O–H groups in total. The lowest BCUT2D eigenvalue weighted by atomic mass is 10.1. The van der Waals surface area contributed by atoms with Crippen molar-refractivity contribution in [2.24, 2.45) is 0 Å². The van der Waals surface area contributed by atoms with Gasteiger partial charge in [-0.05, 0) is 43.7 Å². The standard InChI is InChI=1S/C34H37ClFN7O4/c1-4-25-17-42(30-7-6-8-32(38-30)47-20-22-9-10-24(35)15-27(22)36)12-11-41(25)19-31-39-33-28(13-23(34(44)45)14-29(33)46-3)43(31)18-26-16-37-21-40(26)5-2/h6-10,13-16,21,25H,4-5,11-12,17-20H2,1-3H3,(H,44,45)/t25-/m0/s1. The Balaban J connectivity index is 1.23. The van der Waals surface area contributed by atoms with Gasteiger partial charge in [-0.15, -0.1) is 0 Å². The minimum atomic E-state index is -1.03. The number of rotatable bonds is 12. The fraction of sp³-hybridized carbons (Fsp3) is 0.353. The molecule has 3 aromatic heterocycles. The molecule has 0 radical (unpaired) electrons. The highest BCUT2D eigenvalue weighted by molar-refractivity contribution is 6.30. The second-order valence-corrected chi connectivity index (χ2v) is 11.9. The van der Waals surface area contributed by atoms with Crippen LogP contribution in [0.2, 0.25) is 5.02 Å². The van der Waals surface area contributed by atoms with Crippen LogP contribution in [-0.2, 0) is 26.2 Å². The van der Waals surface area contributed by atoms with Gasteiger partial charge in [0, 0.05) is 55.1 Å². The van der Waals surface area contributed by atoms with Crippen LogP contribution in [0.1, 0.15) is 47.7 Å². The van der Waals surface area contributed by atoms with E-state index in [1.54, 1.807) is 30.6 Å². The number of aryl methyl sites for hydroxylation is 1. The Hall–Kier alpha value is -4.68. The van der Waals surface area contributed by atoms with Gasteiger partial charge in [0.2, 0.25) is 5.88 Å². The van der Waals surface area contributed by atoms with Crippen molar-refractivity contribution in [3.05, 3.63) is 94.5 Å². The van der Waals surface area contributed by atoms with Crippen LogP contribution in [0.4, 0.5) is 10.2 Å². The van der Waals surface area contributed by atoms with Gasteiger partial charge in [-0.3, -0.25) is 4.90 Å². The van der Waals surface area contributed by atoms with Crippen LogP contribution >= 0.6 is 11.6 Å². The van der Waals surface area contributed by atoms with E-state index in [1.807, 2.05) is 18.3 Å². The topological polar surface area (TPSA) is 111 Å². The summed E-state index contributed by atoms with van der Waals surface area (Å²) >= 11 is 5.88. The summed E-state index contributed by atoms with van der Waals surface area (Å²) in [6, 6.07) is 13.5. The highest BCUT2D eigenvalue weighted by atomic mass is 35.5. The minimum absolute atomic E-state index is 0.0452. The molecule has 47 heavy (non-hydrogen) atoms. The van der Waals surface area contributed by atoms with E-state index < -0.39 is 11.8 Å². The number of pyridine rings is 1. The highest BCUT2D eigenvalue weighted by Crippen LogP contribution is 2.31. The van der Waals surface area contributed by atoms with Crippen molar-refractivity contribution >= 4 is 34.4 Å². The number of aromatic nitrogens is 5. The van der Waals surface area contributed by atoms with Crippen molar-refractivity contribution in [1.29, 1.82) is 0 Å². The molecule has 246 valence electrons. The fourth-order valence-electron chi connectivity index (χ4n) is 6.07. The number of hydrogen-bond acceptors (Lipinski definition) is 8. The first-order chi connectivity index (χ1) is 22.8. The Morgan fingerprint density at radius 1 is 1.11 bits per heavy atom. The molecule has 4 heterocycles. The van der Waals surface area contributed by atoms with Gasteiger partial charge >= 0.3 is 5.97 Å². The zero-order valence-corrected chi connectivity index (χ0v) is 27.3. The molecule has 0 spiro atoms. The van der Waals surface area contributed by atoms with E-state index in [-0.39, 0.29) is 18.2 Å². The third kappa shape index (κ3) is 6.89. The molecule has 1 saturated heterocycles. The van der Waals surface area contributed by atoms with Crippen molar-refractivity contribution in [3.63, 3.8) is 0 Å². The average Bonchev–Trinajstić information content (AvgIpc) is 3.68. The molecule has 11 nitrogen and oxygen atoms in total. The summed E-state index contributed by atoms with van der Waals surface area (Å²) in [5.74, 6) is 1.01. The van der Waals surface area contributed by atoms with E-state index in [0.717, 1.165) is 49.9 Å². The zero-order valence-electron chi connectivity index (χ0n) is 26.6. The van der Waals surface area contributed by atoms with Gasteiger partial charge in [-0.25, -0.2) is 19.2 Å². The first kappa shape index (κ1) is 32.3. The van der Waals surface area contributed by atoms with E-state index in [2.05, 4.69) is 37.8 Å². The lowest BCUT2D eigenvalue weighted by molar-refractivity contribution is 0.0696. The molecule has 0 bridgehead atoms. The van der Waals surface area contributed by atoms with Crippen LogP contribution in [0.3, 0.4) is 0 Å². The van der Waals surface area contributed by atoms with Crippen LogP contribution in [0.25, 0.3) is 11.0 Å². The maximum atomic E-state index is 14.3. The lowest BCUT2D eigenvalue weighted by Gasteiger charge is -2.41. The number of anilines is 1. The van der Waals surface area contributed by atoms with Gasteiger partial charge in [0.1, 0.15) is 35.3 Å². The predicted molar refractivity (Wildman–Crippen MR) is 177 cm³/mol. The van der Waals surface area contributed by atoms with E-state index in [9.17, 15) is 14.3 Å². The normalized spacial score (nSPS) is 15.3. The zero-order chi connectivity index (χ0) is 33.1. The quantitative estimate of drug-likeness (QED) is 0.175. The van der Waals surface area contributed by atoms with Crippen LogP contribution < -0.4 is 14.4 Å². The first-order valence-corrected chi connectivity index (χ1v) is 16.0. The molecule has 0 amide bonds. The minimum Gasteiger partial charge on any atom is -0.494 e. The molecule has 5 aromatic rings. The molecule has 1 atom stereocenters. The maximum Gasteiger partial charge on any atom is 0.335 e. The Labute approximate surface area is 277 Å². The molecule has 0 saturated carbocycles. The van der Waals surface area contributed by atoms with E-state index in [1.165, 1.54) is 19.2 Å². The van der Waals surface area contributed by atoms with Crippen molar-refractivity contribution in [2.45, 2.75) is 52.6 Å². The van der Waals surface area contributed by atoms with Crippen LogP contribution in [-0.4, -0.2) is 72.8 Å². The van der Waals surface area contributed by atoms with Gasteiger partial charge in [0.25, 0.3) is 0 Å². The molecule has 0 unspecified atom stereocenters. The van der Waals surface area contributed by atoms with E-state index in [4.69, 9.17) is 31.0 Å². The fourth-order valence-corrected chi connectivity index (χ4v) is 6.23. The Morgan fingerprint density at radius 2 is 1.96 bits per heavy atom. The van der Waals surface area contributed by atoms with E-state index in [0.29, 0.717) is 46.3 Å². The summed E-state index contributed by atoms with van der Waals surface area (Å²) in [6.07, 6.45) is 4.54. The number of carbonyl (C=O) groups is 1. The van der Waals surface area contributed by atoms with Crippen LogP contribution in [0, 0.1) is 5.82 Å². The van der Waals surface area contributed by atoms with Gasteiger partial charge in [-0.1, -0.05) is 30.7 Å². The summed E-state index contributed by atoms with van der Waals surface area (Å²) in [7, 11) is 1.53. The largest absolute Gasteiger partial charge is 0.494 e. The predicted octanol–water partition coefficient (Wildman–Crippen LogP) is 5.88. The highest BCUT2D eigenvalue weighted by Gasteiger charge is 2.29. The lowest BCUT2D eigenvalue weighted by Crippen LogP contribution is -2.53. The SMILES string of the molecule is CC[C@H]1CN(c2cccc(OCc3ccc(Cl)cc3F)n2)CCN1Cc1nc2c(OC)cc(C(=O)O)cc2n1Cc1cncn1CC. The second-order valence-electron chi connectivity index (χ2n) is 11.5. The smallest absolute Gasteiger partial charge is 0.335 e. The summed E-state index contributed by atoms with van der Waals surface area (Å²) in [5, 5.41) is 10.2. The summed E-state index contributed by atoms with van der Waals surface area (Å²) in [6.45, 7) is 8.32. The van der Waals surface area contributed by atoms with Crippen molar-refractivity contribution in [2.75, 3.05) is 31.6 Å². The summed E-state index contributed by atoms with van der Waals surface area (Å²) in [4.78, 5) is 30.7. The Morgan fingerprint density at radius 3 is 2.70 bits per heavy atom. The molecule has 0 aliphatic carbocycles.